The Hall–Kier alpha value is -1.64. The van der Waals surface area contributed by atoms with E-state index in [4.69, 9.17) is 4.42 Å². The van der Waals surface area contributed by atoms with Crippen LogP contribution in [0.1, 0.15) is 57.8 Å². The second-order valence-corrected chi connectivity index (χ2v) is 4.65. The van der Waals surface area contributed by atoms with Gasteiger partial charge in [-0.05, 0) is 25.0 Å². The Bertz CT molecular complexity index is 473. The van der Waals surface area contributed by atoms with Gasteiger partial charge in [0, 0.05) is 11.5 Å². The van der Waals surface area contributed by atoms with E-state index >= 15 is 0 Å². The van der Waals surface area contributed by atoms with Crippen molar-refractivity contribution in [2.24, 2.45) is 0 Å². The predicted molar refractivity (Wildman–Crippen MR) is 76.9 cm³/mol. The van der Waals surface area contributed by atoms with Crippen molar-refractivity contribution in [3.8, 4) is 11.5 Å². The average molecular weight is 258 g/mol. The van der Waals surface area contributed by atoms with Crippen molar-refractivity contribution in [3.05, 3.63) is 36.2 Å². The van der Waals surface area contributed by atoms with Crippen LogP contribution in [0.2, 0.25) is 0 Å². The van der Waals surface area contributed by atoms with Crippen LogP contribution in [0, 0.1) is 0 Å². The van der Waals surface area contributed by atoms with Crippen LogP contribution in [0.4, 0.5) is 0 Å². The number of rotatable bonds is 2. The lowest BCUT2D eigenvalue weighted by Crippen LogP contribution is -2.04. The second-order valence-electron chi connectivity index (χ2n) is 4.65. The normalized spacial score (nSPS) is 15.7. The topological polar surface area (TPSA) is 38.9 Å². The quantitative estimate of drug-likeness (QED) is 0.775. The van der Waals surface area contributed by atoms with E-state index in [1.807, 2.05) is 44.2 Å². The van der Waals surface area contributed by atoms with Gasteiger partial charge in [0.25, 0.3) is 0 Å². The Morgan fingerprint density at radius 2 is 1.63 bits per heavy atom. The Morgan fingerprint density at radius 3 is 2.32 bits per heavy atom. The van der Waals surface area contributed by atoms with E-state index in [-0.39, 0.29) is 0 Å². The zero-order valence-electron chi connectivity index (χ0n) is 11.8. The van der Waals surface area contributed by atoms with Gasteiger partial charge in [0.2, 0.25) is 11.8 Å². The van der Waals surface area contributed by atoms with Gasteiger partial charge in [-0.3, -0.25) is 0 Å². The summed E-state index contributed by atoms with van der Waals surface area (Å²) < 4.78 is 5.79. The minimum absolute atomic E-state index is 0.480. The summed E-state index contributed by atoms with van der Waals surface area (Å²) in [5.41, 5.74) is 1.00. The SMILES string of the molecule is CC.c1ccc(-c2nnc(C3CCCCC3)o2)cc1. The van der Waals surface area contributed by atoms with Crippen molar-refractivity contribution in [1.29, 1.82) is 0 Å². The molecule has 1 saturated carbocycles. The average Bonchev–Trinajstić information content (AvgIpc) is 3.01. The maximum Gasteiger partial charge on any atom is 0.247 e. The van der Waals surface area contributed by atoms with Gasteiger partial charge in [0.1, 0.15) is 0 Å². The fourth-order valence-electron chi connectivity index (χ4n) is 2.45. The van der Waals surface area contributed by atoms with Crippen molar-refractivity contribution in [2.75, 3.05) is 0 Å². The fourth-order valence-corrected chi connectivity index (χ4v) is 2.45. The smallest absolute Gasteiger partial charge is 0.247 e. The molecule has 0 amide bonds. The Morgan fingerprint density at radius 1 is 0.947 bits per heavy atom. The van der Waals surface area contributed by atoms with Gasteiger partial charge in [0.05, 0.1) is 0 Å². The number of benzene rings is 1. The molecule has 3 rings (SSSR count). The first-order chi connectivity index (χ1) is 9.43. The summed E-state index contributed by atoms with van der Waals surface area (Å²) in [4.78, 5) is 0. The van der Waals surface area contributed by atoms with Crippen molar-refractivity contribution < 1.29 is 4.42 Å². The first-order valence-corrected chi connectivity index (χ1v) is 7.32. The van der Waals surface area contributed by atoms with Crippen LogP contribution >= 0.6 is 0 Å². The summed E-state index contributed by atoms with van der Waals surface area (Å²) >= 11 is 0. The van der Waals surface area contributed by atoms with Crippen LogP contribution in [-0.4, -0.2) is 10.2 Å². The number of hydrogen-bond donors (Lipinski definition) is 0. The third-order valence-electron chi connectivity index (χ3n) is 3.42. The number of hydrogen-bond acceptors (Lipinski definition) is 3. The van der Waals surface area contributed by atoms with Gasteiger partial charge in [-0.15, -0.1) is 10.2 Å². The Kier molecular flexibility index (Phi) is 5.13. The fraction of sp³-hybridized carbons (Fsp3) is 0.500. The molecule has 0 aliphatic heterocycles. The molecule has 0 N–H and O–H groups in total. The van der Waals surface area contributed by atoms with Crippen molar-refractivity contribution in [1.82, 2.24) is 10.2 Å². The van der Waals surface area contributed by atoms with Gasteiger partial charge < -0.3 is 4.42 Å². The molecule has 102 valence electrons. The molecule has 0 spiro atoms. The molecule has 1 fully saturated rings. The highest BCUT2D eigenvalue weighted by Crippen LogP contribution is 2.32. The third kappa shape index (κ3) is 3.43. The highest BCUT2D eigenvalue weighted by Gasteiger charge is 2.21. The van der Waals surface area contributed by atoms with E-state index in [2.05, 4.69) is 10.2 Å². The minimum atomic E-state index is 0.480. The highest BCUT2D eigenvalue weighted by molar-refractivity contribution is 5.51. The Balaban J connectivity index is 0.000000637. The zero-order valence-corrected chi connectivity index (χ0v) is 11.8. The summed E-state index contributed by atoms with van der Waals surface area (Å²) in [6, 6.07) is 9.96. The maximum atomic E-state index is 5.79. The van der Waals surface area contributed by atoms with E-state index in [1.54, 1.807) is 0 Å². The maximum absolute atomic E-state index is 5.79. The van der Waals surface area contributed by atoms with Gasteiger partial charge in [-0.2, -0.15) is 0 Å². The van der Waals surface area contributed by atoms with E-state index < -0.39 is 0 Å². The molecule has 1 heterocycles. The summed E-state index contributed by atoms with van der Waals surface area (Å²) in [6.07, 6.45) is 6.30. The van der Waals surface area contributed by atoms with Gasteiger partial charge in [0.15, 0.2) is 0 Å². The summed E-state index contributed by atoms with van der Waals surface area (Å²) in [5, 5.41) is 8.34. The largest absolute Gasteiger partial charge is 0.420 e. The zero-order chi connectivity index (χ0) is 13.5. The molecular weight excluding hydrogens is 236 g/mol. The lowest BCUT2D eigenvalue weighted by molar-refractivity contribution is 0.367. The van der Waals surface area contributed by atoms with Crippen LogP contribution in [0.5, 0.6) is 0 Å². The lowest BCUT2D eigenvalue weighted by atomic mass is 9.89. The van der Waals surface area contributed by atoms with Crippen LogP contribution in [0.15, 0.2) is 34.7 Å². The summed E-state index contributed by atoms with van der Waals surface area (Å²) in [6.45, 7) is 4.00. The van der Waals surface area contributed by atoms with Crippen LogP contribution in [0.3, 0.4) is 0 Å². The first-order valence-electron chi connectivity index (χ1n) is 7.32. The molecule has 1 aromatic heterocycles. The molecule has 19 heavy (non-hydrogen) atoms. The van der Waals surface area contributed by atoms with Crippen LogP contribution in [0.25, 0.3) is 11.5 Å². The van der Waals surface area contributed by atoms with E-state index in [9.17, 15) is 0 Å². The molecule has 0 saturated heterocycles. The molecule has 3 nitrogen and oxygen atoms in total. The minimum Gasteiger partial charge on any atom is -0.420 e. The second kappa shape index (κ2) is 7.07. The van der Waals surface area contributed by atoms with Crippen LogP contribution in [-0.2, 0) is 0 Å². The van der Waals surface area contributed by atoms with Gasteiger partial charge in [-0.1, -0.05) is 51.3 Å². The molecule has 0 radical (unpaired) electrons. The summed E-state index contributed by atoms with van der Waals surface area (Å²) in [7, 11) is 0. The summed E-state index contributed by atoms with van der Waals surface area (Å²) in [5.74, 6) is 1.95. The molecule has 0 bridgehead atoms. The van der Waals surface area contributed by atoms with E-state index in [0.29, 0.717) is 11.8 Å². The monoisotopic (exact) mass is 258 g/mol. The Labute approximate surface area is 115 Å². The van der Waals surface area contributed by atoms with E-state index in [0.717, 1.165) is 11.5 Å². The molecule has 3 heteroatoms. The first kappa shape index (κ1) is 13.8. The van der Waals surface area contributed by atoms with Crippen LogP contribution < -0.4 is 0 Å². The van der Waals surface area contributed by atoms with Gasteiger partial charge in [-0.25, -0.2) is 0 Å². The molecule has 1 aliphatic rings. The predicted octanol–water partition coefficient (Wildman–Crippen LogP) is 4.81. The molecular formula is C16H22N2O. The number of nitrogens with zero attached hydrogens (tertiary/aromatic N) is 2. The third-order valence-corrected chi connectivity index (χ3v) is 3.42. The number of aromatic nitrogens is 2. The molecule has 0 unspecified atom stereocenters. The molecule has 0 atom stereocenters. The molecule has 2 aromatic rings. The molecule has 1 aliphatic carbocycles. The standard InChI is InChI=1S/C14H16N2O.C2H6/c1-3-7-11(8-4-1)13-15-16-14(17-13)12-9-5-2-6-10-12;1-2/h1,3-4,7-8,12H,2,5-6,9-10H2;1-2H3. The van der Waals surface area contributed by atoms with Crippen molar-refractivity contribution in [3.63, 3.8) is 0 Å². The van der Waals surface area contributed by atoms with Gasteiger partial charge >= 0.3 is 0 Å². The lowest BCUT2D eigenvalue weighted by Gasteiger charge is -2.17. The highest BCUT2D eigenvalue weighted by atomic mass is 16.4. The van der Waals surface area contributed by atoms with Crippen molar-refractivity contribution >= 4 is 0 Å². The van der Waals surface area contributed by atoms with Crippen molar-refractivity contribution in [2.45, 2.75) is 51.9 Å². The van der Waals surface area contributed by atoms with E-state index in [1.165, 1.54) is 32.1 Å². The molecule has 1 aromatic carbocycles.